The van der Waals surface area contributed by atoms with Crippen molar-refractivity contribution in [3.8, 4) is 5.69 Å². The molecule has 196 valence electrons. The van der Waals surface area contributed by atoms with Gasteiger partial charge in [0.1, 0.15) is 0 Å². The molecule has 2 heterocycles. The molecule has 0 aliphatic carbocycles. The van der Waals surface area contributed by atoms with Gasteiger partial charge in [-0.2, -0.15) is 0 Å². The second-order valence-corrected chi connectivity index (χ2v) is 9.75. The van der Waals surface area contributed by atoms with Crippen molar-refractivity contribution < 1.29 is 19.5 Å². The van der Waals surface area contributed by atoms with Gasteiger partial charge in [0.15, 0.2) is 5.78 Å². The zero-order valence-corrected chi connectivity index (χ0v) is 21.7. The van der Waals surface area contributed by atoms with Crippen LogP contribution in [0.15, 0.2) is 91.3 Å². The number of carboxylic acids is 1. The van der Waals surface area contributed by atoms with Crippen LogP contribution in [0.3, 0.4) is 0 Å². The third-order valence-corrected chi connectivity index (χ3v) is 7.01. The van der Waals surface area contributed by atoms with Crippen LogP contribution in [0.4, 0.5) is 0 Å². The van der Waals surface area contributed by atoms with Crippen LogP contribution in [0.5, 0.6) is 0 Å². The smallest absolute Gasteiger partial charge is 0.335 e. The third kappa shape index (κ3) is 5.97. The van der Waals surface area contributed by atoms with Gasteiger partial charge in [-0.15, -0.1) is 5.10 Å². The van der Waals surface area contributed by atoms with E-state index in [0.29, 0.717) is 30.0 Å². The fourth-order valence-corrected chi connectivity index (χ4v) is 4.97. The second-order valence-electron chi connectivity index (χ2n) is 9.31. The third-order valence-electron chi connectivity index (χ3n) is 6.78. The normalized spacial score (nSPS) is 14.1. The number of hydrogen-bond acceptors (Lipinski definition) is 5. The predicted molar refractivity (Wildman–Crippen MR) is 147 cm³/mol. The summed E-state index contributed by atoms with van der Waals surface area (Å²) in [6, 6.07) is 20.6. The first-order valence-electron chi connectivity index (χ1n) is 12.5. The summed E-state index contributed by atoms with van der Waals surface area (Å²) in [5.74, 6) is -1.39. The van der Waals surface area contributed by atoms with Crippen LogP contribution in [0.1, 0.15) is 33.5 Å². The molecule has 9 heteroatoms. The number of Topliss-reactive ketones (excluding diaryl/α,β-unsaturated/α-hetero) is 1. The van der Waals surface area contributed by atoms with Gasteiger partial charge < -0.3 is 10.0 Å². The van der Waals surface area contributed by atoms with Crippen LogP contribution in [0.25, 0.3) is 11.3 Å². The van der Waals surface area contributed by atoms with E-state index in [1.165, 1.54) is 12.1 Å². The molecule has 0 saturated carbocycles. The molecule has 1 aliphatic rings. The number of ketones is 1. The zero-order chi connectivity index (χ0) is 27.4. The van der Waals surface area contributed by atoms with E-state index in [9.17, 15) is 14.4 Å². The number of hydrogen-bond donors (Lipinski definition) is 1. The Kier molecular flexibility index (Phi) is 7.65. The largest absolute Gasteiger partial charge is 0.478 e. The van der Waals surface area contributed by atoms with Gasteiger partial charge in [0, 0.05) is 29.6 Å². The van der Waals surface area contributed by atoms with Crippen molar-refractivity contribution in [1.29, 1.82) is 0 Å². The first kappa shape index (κ1) is 26.1. The Labute approximate surface area is 230 Å². The Morgan fingerprint density at radius 3 is 2.44 bits per heavy atom. The van der Waals surface area contributed by atoms with Gasteiger partial charge >= 0.3 is 5.97 Å². The fourth-order valence-electron chi connectivity index (χ4n) is 4.80. The number of rotatable bonds is 9. The highest BCUT2D eigenvalue weighted by molar-refractivity contribution is 6.30. The topological polar surface area (TPSA) is 105 Å². The summed E-state index contributed by atoms with van der Waals surface area (Å²) in [5.41, 5.74) is 4.14. The molecule has 0 saturated heterocycles. The average Bonchev–Trinajstić information content (AvgIpc) is 3.48. The number of carbonyl (C=O) groups excluding carboxylic acids is 2. The quantitative estimate of drug-likeness (QED) is 0.331. The molecule has 0 fully saturated rings. The molecule has 5 rings (SSSR count). The Balaban J connectivity index is 1.43. The summed E-state index contributed by atoms with van der Waals surface area (Å²) in [6.45, 7) is 0.356. The fraction of sp³-hybridized carbons (Fsp3) is 0.167. The van der Waals surface area contributed by atoms with Crippen molar-refractivity contribution in [3.05, 3.63) is 119 Å². The maximum Gasteiger partial charge on any atom is 0.335 e. The molecular weight excluding hydrogens is 516 g/mol. The highest BCUT2D eigenvalue weighted by atomic mass is 35.5. The van der Waals surface area contributed by atoms with Crippen LogP contribution in [0.2, 0.25) is 5.02 Å². The van der Waals surface area contributed by atoms with E-state index in [0.717, 1.165) is 22.4 Å². The zero-order valence-electron chi connectivity index (χ0n) is 20.9. The minimum atomic E-state index is -1.02. The van der Waals surface area contributed by atoms with Crippen molar-refractivity contribution in [3.63, 3.8) is 0 Å². The van der Waals surface area contributed by atoms with Gasteiger partial charge in [-0.3, -0.25) is 9.59 Å². The van der Waals surface area contributed by atoms with E-state index >= 15 is 0 Å². The number of carboxylic acid groups (broad SMARTS) is 1. The average molecular weight is 541 g/mol. The summed E-state index contributed by atoms with van der Waals surface area (Å²) in [6.07, 6.45) is 5.87. The predicted octanol–water partition coefficient (Wildman–Crippen LogP) is 4.66. The SMILES string of the molecule is O=C(O)c1ccc(CC(=O)[C@H](Cc2ccccc2)N2CCC(c3cc(Cl)ccc3-n3ccnn3)=CC2=O)cc1. The van der Waals surface area contributed by atoms with Crippen molar-refractivity contribution >= 4 is 34.8 Å². The van der Waals surface area contributed by atoms with Crippen molar-refractivity contribution in [1.82, 2.24) is 19.9 Å². The molecule has 3 aromatic carbocycles. The molecular formula is C30H25ClN4O4. The minimum absolute atomic E-state index is 0.0858. The van der Waals surface area contributed by atoms with Crippen molar-refractivity contribution in [2.75, 3.05) is 6.54 Å². The summed E-state index contributed by atoms with van der Waals surface area (Å²) < 4.78 is 1.63. The van der Waals surface area contributed by atoms with E-state index in [-0.39, 0.29) is 23.7 Å². The minimum Gasteiger partial charge on any atom is -0.478 e. The maximum absolute atomic E-state index is 13.6. The van der Waals surface area contributed by atoms with E-state index in [1.54, 1.807) is 52.3 Å². The summed E-state index contributed by atoms with van der Waals surface area (Å²) in [5, 5.41) is 17.7. The Bertz CT molecular complexity index is 1530. The number of benzene rings is 3. The molecule has 1 N–H and O–H groups in total. The van der Waals surface area contributed by atoms with Crippen LogP contribution in [0, 0.1) is 0 Å². The Hall–Kier alpha value is -4.56. The molecule has 1 atom stereocenters. The lowest BCUT2D eigenvalue weighted by molar-refractivity contribution is -0.136. The van der Waals surface area contributed by atoms with Gasteiger partial charge in [0.2, 0.25) is 5.91 Å². The van der Waals surface area contributed by atoms with Crippen LogP contribution < -0.4 is 0 Å². The first-order valence-corrected chi connectivity index (χ1v) is 12.8. The second kappa shape index (κ2) is 11.4. The summed E-state index contributed by atoms with van der Waals surface area (Å²) >= 11 is 6.30. The number of carbonyl (C=O) groups is 3. The van der Waals surface area contributed by atoms with E-state index in [2.05, 4.69) is 10.3 Å². The van der Waals surface area contributed by atoms with Gasteiger partial charge in [-0.25, -0.2) is 9.48 Å². The van der Waals surface area contributed by atoms with E-state index in [4.69, 9.17) is 16.7 Å². The lowest BCUT2D eigenvalue weighted by atomic mass is 9.92. The molecule has 39 heavy (non-hydrogen) atoms. The number of aromatic carboxylic acids is 1. The van der Waals surface area contributed by atoms with E-state index in [1.807, 2.05) is 36.4 Å². The van der Waals surface area contributed by atoms with Crippen molar-refractivity contribution in [2.45, 2.75) is 25.3 Å². The van der Waals surface area contributed by atoms with Gasteiger partial charge in [-0.1, -0.05) is 59.3 Å². The monoisotopic (exact) mass is 540 g/mol. The molecule has 4 aromatic rings. The molecule has 1 amide bonds. The molecule has 1 aliphatic heterocycles. The Morgan fingerprint density at radius 1 is 1.00 bits per heavy atom. The molecule has 0 spiro atoms. The molecule has 8 nitrogen and oxygen atoms in total. The number of nitrogens with zero attached hydrogens (tertiary/aromatic N) is 4. The van der Waals surface area contributed by atoms with E-state index < -0.39 is 12.0 Å². The number of halogens is 1. The summed E-state index contributed by atoms with van der Waals surface area (Å²) in [4.78, 5) is 40.0. The standard InChI is InChI=1S/C30H25ClN4O4/c31-24-10-11-26(35-15-13-32-33-35)25(19-24)23-12-14-34(29(37)18-23)27(16-20-4-2-1-3-5-20)28(36)17-21-6-8-22(9-7-21)30(38)39/h1-11,13,15,18-19,27H,12,14,16-17H2,(H,38,39)/t27-/m0/s1. The molecule has 0 unspecified atom stereocenters. The van der Waals surface area contributed by atoms with Crippen LogP contribution in [-0.2, 0) is 22.4 Å². The number of aromatic nitrogens is 3. The highest BCUT2D eigenvalue weighted by Crippen LogP contribution is 2.31. The summed E-state index contributed by atoms with van der Waals surface area (Å²) in [7, 11) is 0. The van der Waals surface area contributed by atoms with Gasteiger partial charge in [0.25, 0.3) is 0 Å². The van der Waals surface area contributed by atoms with Crippen LogP contribution in [-0.4, -0.2) is 55.2 Å². The van der Waals surface area contributed by atoms with Crippen molar-refractivity contribution in [2.24, 2.45) is 0 Å². The molecule has 0 radical (unpaired) electrons. The highest BCUT2D eigenvalue weighted by Gasteiger charge is 2.32. The van der Waals surface area contributed by atoms with Crippen LogP contribution >= 0.6 is 11.6 Å². The molecule has 0 bridgehead atoms. The lowest BCUT2D eigenvalue weighted by Gasteiger charge is -2.34. The molecule has 1 aromatic heterocycles. The Morgan fingerprint density at radius 2 is 1.77 bits per heavy atom. The van der Waals surface area contributed by atoms with Gasteiger partial charge in [-0.05, 0) is 59.9 Å². The number of amides is 1. The lowest BCUT2D eigenvalue weighted by Crippen LogP contribution is -2.48. The maximum atomic E-state index is 13.6. The van der Waals surface area contributed by atoms with Gasteiger partial charge in [0.05, 0.1) is 29.7 Å². The first-order chi connectivity index (χ1) is 18.9.